The Morgan fingerprint density at radius 3 is 2.36 bits per heavy atom. The monoisotopic (exact) mass is 263 g/mol. The summed E-state index contributed by atoms with van der Waals surface area (Å²) in [4.78, 5) is 1.85. The third kappa shape index (κ3) is 2.18. The van der Waals surface area contributed by atoms with Crippen LogP contribution in [0.2, 0.25) is 5.02 Å². The van der Waals surface area contributed by atoms with Gasteiger partial charge in [-0.3, -0.25) is 5.73 Å². The average Bonchev–Trinajstić information content (AvgIpc) is 2.48. The van der Waals surface area contributed by atoms with E-state index in [2.05, 4.69) is 0 Å². The van der Waals surface area contributed by atoms with Crippen LogP contribution in [0.15, 0.2) is 30.3 Å². The minimum atomic E-state index is -0.396. The van der Waals surface area contributed by atoms with E-state index < -0.39 is 8.73 Å². The van der Waals surface area contributed by atoms with Crippen LogP contribution in [0, 0.1) is 0 Å². The van der Waals surface area contributed by atoms with Gasteiger partial charge in [-0.05, 0) is 54.0 Å². The van der Waals surface area contributed by atoms with Crippen molar-refractivity contribution in [1.29, 1.82) is 0 Å². The van der Waals surface area contributed by atoms with Gasteiger partial charge in [0.15, 0.2) is 0 Å². The molecule has 74 valence electrons. The van der Waals surface area contributed by atoms with Crippen LogP contribution in [0.4, 0.5) is 0 Å². The maximum atomic E-state index is 5.99. The van der Waals surface area contributed by atoms with Crippen LogP contribution in [0.5, 0.6) is 0 Å². The number of hydrogen-bond acceptors (Lipinski definition) is 2. The Balaban J connectivity index is 2.28. The molecule has 0 fully saturated rings. The smallest absolute Gasteiger partial charge is 0.0624 e. The van der Waals surface area contributed by atoms with Crippen molar-refractivity contribution >= 4 is 51.7 Å². The van der Waals surface area contributed by atoms with E-state index >= 15 is 0 Å². The maximum Gasteiger partial charge on any atom is 0.0624 e. The fourth-order valence-electron chi connectivity index (χ4n) is 1.07. The van der Waals surface area contributed by atoms with E-state index in [1.54, 1.807) is 10.8 Å². The van der Waals surface area contributed by atoms with Gasteiger partial charge in [0.2, 0.25) is 0 Å². The molecular weight excluding hydrogens is 257 g/mol. The largest absolute Gasteiger partial charge is 0.296 e. The van der Waals surface area contributed by atoms with E-state index in [1.807, 2.05) is 30.3 Å². The first-order valence-electron chi connectivity index (χ1n) is 3.86. The summed E-state index contributed by atoms with van der Waals surface area (Å²) in [5, 5.41) is 0.735. The van der Waals surface area contributed by atoms with Crippen LogP contribution in [0.3, 0.4) is 0 Å². The fourth-order valence-corrected chi connectivity index (χ4v) is 4.23. The predicted molar refractivity (Wildman–Crippen MR) is 69.7 cm³/mol. The van der Waals surface area contributed by atoms with Gasteiger partial charge in [-0.25, -0.2) is 0 Å². The van der Waals surface area contributed by atoms with Crippen molar-refractivity contribution in [2.45, 2.75) is 0 Å². The molecule has 5 heteroatoms. The van der Waals surface area contributed by atoms with Crippen LogP contribution in [0.25, 0.3) is 4.91 Å². The number of hydrogen-bond donors (Lipinski definition) is 1. The minimum absolute atomic E-state index is 0.396. The highest BCUT2D eigenvalue weighted by atomic mass is 35.7. The van der Waals surface area contributed by atoms with Crippen molar-refractivity contribution in [3.05, 3.63) is 40.9 Å². The predicted octanol–water partition coefficient (Wildman–Crippen LogP) is 3.85. The van der Waals surface area contributed by atoms with Crippen LogP contribution in [0.1, 0.15) is 5.56 Å². The highest BCUT2D eigenvalue weighted by molar-refractivity contribution is 8.95. The Labute approximate surface area is 98.1 Å². The van der Waals surface area contributed by atoms with Gasteiger partial charge >= 0.3 is 0 Å². The Morgan fingerprint density at radius 2 is 1.86 bits per heavy atom. The lowest BCUT2D eigenvalue weighted by atomic mass is 10.2. The highest BCUT2D eigenvalue weighted by Crippen LogP contribution is 2.50. The molecule has 1 aromatic carbocycles. The molecule has 0 radical (unpaired) electrons. The molecule has 1 unspecified atom stereocenters. The molecule has 0 aromatic heterocycles. The molecule has 2 N–H and O–H groups in total. The van der Waals surface area contributed by atoms with E-state index in [1.165, 1.54) is 0 Å². The fraction of sp³-hybridized carbons (Fsp3) is 0. The maximum absolute atomic E-state index is 5.99. The molecule has 1 aliphatic heterocycles. The zero-order chi connectivity index (χ0) is 10.1. The number of rotatable bonds is 1. The summed E-state index contributed by atoms with van der Waals surface area (Å²) in [6.07, 6.45) is 1.92. The summed E-state index contributed by atoms with van der Waals surface area (Å²) in [6, 6.07) is 7.65. The number of benzene rings is 1. The minimum Gasteiger partial charge on any atom is -0.296 e. The zero-order valence-corrected chi connectivity index (χ0v) is 10.2. The summed E-state index contributed by atoms with van der Waals surface area (Å²) in [7, 11) is 7.18. The molecule has 1 aliphatic rings. The van der Waals surface area contributed by atoms with Crippen molar-refractivity contribution in [2.24, 2.45) is 5.73 Å². The van der Waals surface area contributed by atoms with Crippen molar-refractivity contribution in [1.82, 2.24) is 0 Å². The van der Waals surface area contributed by atoms with Crippen molar-refractivity contribution in [3.63, 3.8) is 0 Å². The van der Waals surface area contributed by atoms with E-state index in [0.717, 1.165) is 20.5 Å². The molecule has 0 aliphatic carbocycles. The first-order valence-corrected chi connectivity index (χ1v) is 7.62. The molecule has 1 aromatic rings. The summed E-state index contributed by atoms with van der Waals surface area (Å²) in [5.41, 5.74) is 6.82. The van der Waals surface area contributed by atoms with Crippen molar-refractivity contribution in [3.8, 4) is 0 Å². The summed E-state index contributed by atoms with van der Waals surface area (Å²) >= 11 is 5.80. The quantitative estimate of drug-likeness (QED) is 0.615. The molecule has 1 nitrogen and oxygen atoms in total. The molecule has 0 bridgehead atoms. The Kier molecular flexibility index (Phi) is 3.24. The van der Waals surface area contributed by atoms with E-state index in [9.17, 15) is 0 Å². The van der Waals surface area contributed by atoms with E-state index in [0.29, 0.717) is 0 Å². The van der Waals surface area contributed by atoms with Gasteiger partial charge in [0.05, 0.1) is 4.99 Å². The summed E-state index contributed by atoms with van der Waals surface area (Å²) in [6.45, 7) is 0. The van der Waals surface area contributed by atoms with Gasteiger partial charge in [-0.15, -0.1) is 0 Å². The van der Waals surface area contributed by atoms with Crippen LogP contribution in [-0.4, -0.2) is 4.99 Å². The Morgan fingerprint density at radius 1 is 1.21 bits per heavy atom. The molecule has 0 amide bonds. The van der Waals surface area contributed by atoms with E-state index in [-0.39, 0.29) is 0 Å². The second-order valence-corrected chi connectivity index (χ2v) is 7.66. The molecule has 0 saturated heterocycles. The SMILES string of the molecule is NC1=S(Cl)SC(c2ccc(Cl)cc2)=C1. The molecule has 14 heavy (non-hydrogen) atoms. The molecule has 1 heterocycles. The van der Waals surface area contributed by atoms with Crippen LogP contribution < -0.4 is 5.73 Å². The van der Waals surface area contributed by atoms with Gasteiger partial charge in [0.25, 0.3) is 0 Å². The van der Waals surface area contributed by atoms with Gasteiger partial charge < -0.3 is 0 Å². The molecule has 1 atom stereocenters. The lowest BCUT2D eigenvalue weighted by molar-refractivity contribution is 1.65. The van der Waals surface area contributed by atoms with Crippen molar-refractivity contribution in [2.75, 3.05) is 0 Å². The average molecular weight is 264 g/mol. The molecule has 0 spiro atoms. The van der Waals surface area contributed by atoms with Crippen LogP contribution >= 0.6 is 41.8 Å². The zero-order valence-electron chi connectivity index (χ0n) is 7.04. The first-order chi connectivity index (χ1) is 6.66. The third-order valence-electron chi connectivity index (χ3n) is 1.75. The highest BCUT2D eigenvalue weighted by Gasteiger charge is 2.13. The summed E-state index contributed by atoms with van der Waals surface area (Å²) in [5.74, 6) is 0. The first kappa shape index (κ1) is 10.6. The molecule has 2 rings (SSSR count). The standard InChI is InChI=1S/C9H7Cl2NS2/c10-7-3-1-6(2-4-7)8-5-9(12)14(11)13-8/h1-5H,12H2. The lowest BCUT2D eigenvalue weighted by Gasteiger charge is -2.00. The third-order valence-corrected chi connectivity index (χ3v) is 5.83. The Hall–Kier alpha value is 0.0700. The second-order valence-electron chi connectivity index (χ2n) is 2.72. The van der Waals surface area contributed by atoms with Crippen LogP contribution in [-0.2, 0) is 0 Å². The van der Waals surface area contributed by atoms with Gasteiger partial charge in [-0.2, -0.15) is 0 Å². The van der Waals surface area contributed by atoms with Gasteiger partial charge in [-0.1, -0.05) is 23.7 Å². The van der Waals surface area contributed by atoms with Gasteiger partial charge in [0.1, 0.15) is 0 Å². The number of halogens is 2. The van der Waals surface area contributed by atoms with Gasteiger partial charge in [0, 0.05) is 9.93 Å². The van der Waals surface area contributed by atoms with Crippen molar-refractivity contribution < 1.29 is 0 Å². The normalized spacial score (nSPS) is 21.2. The number of nitrogens with two attached hydrogens (primary N) is 1. The molecule has 0 saturated carbocycles. The topological polar surface area (TPSA) is 26.0 Å². The second kappa shape index (κ2) is 4.29. The lowest BCUT2D eigenvalue weighted by Crippen LogP contribution is -2.03. The Bertz CT molecular complexity index is 423. The molecular formula is C9H7Cl2NS2. The van der Waals surface area contributed by atoms with E-state index in [4.69, 9.17) is 28.0 Å². The summed E-state index contributed by atoms with van der Waals surface area (Å²) < 4.78 is 0.